The van der Waals surface area contributed by atoms with Crippen LogP contribution in [0.15, 0.2) is 11.6 Å². The topological polar surface area (TPSA) is 44.8 Å². The Hall–Kier alpha value is -0.156. The molecular weight excluding hydrogens is 244 g/mol. The number of allylic oxidation sites excluding steroid dienone is 1. The zero-order chi connectivity index (χ0) is 12.7. The van der Waals surface area contributed by atoms with Gasteiger partial charge < -0.3 is 0 Å². The molecule has 0 heterocycles. The Balaban J connectivity index is 4.36. The van der Waals surface area contributed by atoms with E-state index in [1.54, 1.807) is 19.9 Å². The summed E-state index contributed by atoms with van der Waals surface area (Å²) in [6.07, 6.45) is 1.73. The molecule has 93 valence electrons. The summed E-state index contributed by atoms with van der Waals surface area (Å²) in [7, 11) is 0. The van der Waals surface area contributed by atoms with Crippen molar-refractivity contribution in [2.45, 2.75) is 53.8 Å². The van der Waals surface area contributed by atoms with E-state index >= 15 is 0 Å². The van der Waals surface area contributed by atoms with E-state index in [1.165, 1.54) is 0 Å². The summed E-state index contributed by atoms with van der Waals surface area (Å²) < 4.78 is 16.2. The molecule has 0 aromatic carbocycles. The summed E-state index contributed by atoms with van der Waals surface area (Å²) in [5, 5.41) is 0. The molecule has 0 radical (unpaired) electrons. The summed E-state index contributed by atoms with van der Waals surface area (Å²) in [5.41, 5.74) is 0.574. The molecule has 0 saturated carbocycles. The third-order valence-electron chi connectivity index (χ3n) is 1.59. The van der Waals surface area contributed by atoms with Crippen molar-refractivity contribution in [2.24, 2.45) is 0 Å². The van der Waals surface area contributed by atoms with Gasteiger partial charge in [-0.05, 0) is 0 Å². The molecule has 0 amide bonds. The van der Waals surface area contributed by atoms with Gasteiger partial charge in [0.2, 0.25) is 0 Å². The molecule has 0 bridgehead atoms. The molecule has 0 unspecified atom stereocenters. The molecule has 0 aliphatic rings. The monoisotopic (exact) mass is 265 g/mol. The van der Waals surface area contributed by atoms with Crippen LogP contribution in [0.2, 0.25) is 0 Å². The maximum absolute atomic E-state index is 11.5. The first-order valence-electron chi connectivity index (χ1n) is 5.42. The molecule has 0 fully saturated rings. The fourth-order valence-corrected chi connectivity index (χ4v) is 2.66. The molecule has 0 atom stereocenters. The molecule has 0 spiro atoms. The summed E-state index contributed by atoms with van der Waals surface area (Å²) >= 11 is -2.65. The molecule has 16 heavy (non-hydrogen) atoms. The van der Waals surface area contributed by atoms with Gasteiger partial charge in [-0.1, -0.05) is 0 Å². The molecule has 0 rings (SSSR count). The Morgan fingerprint density at radius 2 is 1.56 bits per heavy atom. The minimum absolute atomic E-state index is 0.00691. The van der Waals surface area contributed by atoms with Crippen molar-refractivity contribution < 1.29 is 33.8 Å². The van der Waals surface area contributed by atoms with Crippen molar-refractivity contribution in [3.8, 4) is 0 Å². The third-order valence-corrected chi connectivity index (χ3v) is 4.22. The van der Waals surface area contributed by atoms with Gasteiger partial charge in [0.15, 0.2) is 0 Å². The zero-order valence-corrected chi connectivity index (χ0v) is 12.4. The predicted molar refractivity (Wildman–Crippen MR) is 58.0 cm³/mol. The van der Waals surface area contributed by atoms with Crippen LogP contribution in [0.4, 0.5) is 0 Å². The Bertz CT molecular complexity index is 238. The summed E-state index contributed by atoms with van der Waals surface area (Å²) in [4.78, 5) is 11.5. The summed E-state index contributed by atoms with van der Waals surface area (Å²) in [6.45, 7) is 11.1. The van der Waals surface area contributed by atoms with Crippen LogP contribution >= 0.6 is 0 Å². The van der Waals surface area contributed by atoms with Crippen LogP contribution in [0.25, 0.3) is 0 Å². The average Bonchev–Trinajstić information content (AvgIpc) is 2.14. The van der Waals surface area contributed by atoms with Crippen molar-refractivity contribution in [3.05, 3.63) is 11.6 Å². The summed E-state index contributed by atoms with van der Waals surface area (Å²) in [5.74, 6) is -0.348. The zero-order valence-electron chi connectivity index (χ0n) is 10.9. The predicted octanol–water partition coefficient (Wildman–Crippen LogP) is 2.71. The molecule has 5 heteroatoms. The normalized spacial score (nSPS) is 12.1. The molecule has 4 nitrogen and oxygen atoms in total. The molecule has 0 aliphatic heterocycles. The second-order valence-electron chi connectivity index (χ2n) is 3.94. The van der Waals surface area contributed by atoms with E-state index in [0.717, 1.165) is 0 Å². The first-order valence-corrected chi connectivity index (χ1v) is 7.33. The molecule has 0 aromatic heterocycles. The van der Waals surface area contributed by atoms with E-state index < -0.39 is 19.0 Å². The van der Waals surface area contributed by atoms with Gasteiger partial charge in [0.05, 0.1) is 0 Å². The standard InChI is InChI=1S/C5H8O2.2C3H7O.Ti/c1-3-4(2)5(6)7;2*1-3(2)4;/h3H,1-2H3,(H,6,7);2*3H,1-2H3;/q;2*-1;+3/p-1. The van der Waals surface area contributed by atoms with Gasteiger partial charge in [0.1, 0.15) is 0 Å². The number of hydrogen-bond donors (Lipinski definition) is 0. The van der Waals surface area contributed by atoms with E-state index in [2.05, 4.69) is 0 Å². The van der Waals surface area contributed by atoms with Gasteiger partial charge in [0, 0.05) is 0 Å². The van der Waals surface area contributed by atoms with Gasteiger partial charge >= 0.3 is 105 Å². The van der Waals surface area contributed by atoms with Crippen LogP contribution < -0.4 is 0 Å². The molecule has 0 aliphatic carbocycles. The Morgan fingerprint density at radius 1 is 1.12 bits per heavy atom. The quantitative estimate of drug-likeness (QED) is 0.547. The number of rotatable bonds is 6. The second kappa shape index (κ2) is 8.01. The molecular formula is C11H21O4Ti. The Labute approximate surface area is 105 Å². The summed E-state index contributed by atoms with van der Waals surface area (Å²) in [6, 6.07) is 0. The molecule has 0 saturated heterocycles. The van der Waals surface area contributed by atoms with E-state index in [0.29, 0.717) is 5.57 Å². The van der Waals surface area contributed by atoms with Crippen molar-refractivity contribution in [2.75, 3.05) is 0 Å². The number of carbonyl (C=O) groups is 1. The van der Waals surface area contributed by atoms with Gasteiger partial charge in [-0.2, -0.15) is 0 Å². The second-order valence-corrected chi connectivity index (χ2v) is 5.78. The van der Waals surface area contributed by atoms with Crippen molar-refractivity contribution in [1.29, 1.82) is 0 Å². The van der Waals surface area contributed by atoms with Crippen LogP contribution in [-0.4, -0.2) is 18.2 Å². The van der Waals surface area contributed by atoms with Gasteiger partial charge in [-0.3, -0.25) is 0 Å². The third kappa shape index (κ3) is 7.17. The minimum atomic E-state index is -2.65. The van der Waals surface area contributed by atoms with Crippen molar-refractivity contribution >= 4 is 5.97 Å². The fourth-order valence-electron chi connectivity index (χ4n) is 0.735. The fraction of sp³-hybridized carbons (Fsp3) is 0.727. The first-order chi connectivity index (χ1) is 7.36. The van der Waals surface area contributed by atoms with E-state index in [1.807, 2.05) is 27.7 Å². The van der Waals surface area contributed by atoms with Gasteiger partial charge in [-0.25, -0.2) is 0 Å². The molecule has 0 aromatic rings. The van der Waals surface area contributed by atoms with Crippen molar-refractivity contribution in [1.82, 2.24) is 0 Å². The van der Waals surface area contributed by atoms with E-state index in [4.69, 9.17) is 9.96 Å². The average molecular weight is 265 g/mol. The maximum atomic E-state index is 11.5. The molecule has 0 N–H and O–H groups in total. The van der Waals surface area contributed by atoms with Crippen LogP contribution in [-0.2, 0) is 33.8 Å². The van der Waals surface area contributed by atoms with Gasteiger partial charge in [-0.15, -0.1) is 0 Å². The van der Waals surface area contributed by atoms with E-state index in [9.17, 15) is 4.79 Å². The van der Waals surface area contributed by atoms with Crippen LogP contribution in [0.1, 0.15) is 41.5 Å². The van der Waals surface area contributed by atoms with Crippen LogP contribution in [0.3, 0.4) is 0 Å². The number of hydrogen-bond acceptors (Lipinski definition) is 4. The van der Waals surface area contributed by atoms with E-state index in [-0.39, 0.29) is 18.2 Å². The van der Waals surface area contributed by atoms with Gasteiger partial charge in [0.25, 0.3) is 0 Å². The Kier molecular flexibility index (Phi) is 7.93. The SMILES string of the molecule is CC=C(C)C(=O)[O][Ti]([O]C(C)C)[O]C(C)C. The number of carbonyl (C=O) groups excluding carboxylic acids is 1. The van der Waals surface area contributed by atoms with Crippen LogP contribution in [0.5, 0.6) is 0 Å². The van der Waals surface area contributed by atoms with Crippen molar-refractivity contribution in [3.63, 3.8) is 0 Å². The Morgan fingerprint density at radius 3 is 1.88 bits per heavy atom. The van der Waals surface area contributed by atoms with Crippen LogP contribution in [0, 0.1) is 0 Å². The first kappa shape index (κ1) is 15.8.